The van der Waals surface area contributed by atoms with Crippen LogP contribution in [0.5, 0.6) is 11.5 Å². The third-order valence-electron chi connectivity index (χ3n) is 4.34. The summed E-state index contributed by atoms with van der Waals surface area (Å²) in [4.78, 5) is 14.6. The Labute approximate surface area is 167 Å². The lowest BCUT2D eigenvalue weighted by Gasteiger charge is -2.23. The maximum atomic E-state index is 12.4. The second-order valence-electron chi connectivity index (χ2n) is 6.05. The standard InChI is InChI=1S/C21H19NO3S2/c1-24-19-5-3-2-4-17(19)18(23)11-8-15-6-9-16(10-7-15)25-20-14-27-21-22(20)12-13-26-21/h2-13,20-21H,14H2,1H3/b11-8+. The van der Waals surface area contributed by atoms with Crippen LogP contribution in [0.4, 0.5) is 0 Å². The van der Waals surface area contributed by atoms with Gasteiger partial charge in [0.2, 0.25) is 0 Å². The summed E-state index contributed by atoms with van der Waals surface area (Å²) >= 11 is 3.72. The third-order valence-corrected chi connectivity index (χ3v) is 6.84. The predicted octanol–water partition coefficient (Wildman–Crippen LogP) is 4.85. The molecule has 2 heterocycles. The molecule has 2 aromatic rings. The van der Waals surface area contributed by atoms with Gasteiger partial charge in [-0.3, -0.25) is 4.79 Å². The molecule has 2 aliphatic rings. The summed E-state index contributed by atoms with van der Waals surface area (Å²) in [5.74, 6) is 2.29. The molecule has 0 saturated carbocycles. The summed E-state index contributed by atoms with van der Waals surface area (Å²) in [6, 6.07) is 15.0. The molecule has 0 N–H and O–H groups in total. The van der Waals surface area contributed by atoms with Gasteiger partial charge >= 0.3 is 0 Å². The summed E-state index contributed by atoms with van der Waals surface area (Å²) in [5.41, 5.74) is 1.50. The molecule has 2 aliphatic heterocycles. The SMILES string of the molecule is COc1ccccc1C(=O)/C=C/c1ccc(OC2CSC3SC=CN23)cc1. The molecular formula is C21H19NO3S2. The van der Waals surface area contributed by atoms with Gasteiger partial charge in [0.15, 0.2) is 12.0 Å². The van der Waals surface area contributed by atoms with E-state index in [-0.39, 0.29) is 12.0 Å². The Kier molecular flexibility index (Phi) is 5.45. The minimum absolute atomic E-state index is 0.0692. The predicted molar refractivity (Wildman–Crippen MR) is 112 cm³/mol. The molecule has 2 unspecified atom stereocenters. The molecule has 2 aromatic carbocycles. The van der Waals surface area contributed by atoms with E-state index in [1.807, 2.05) is 59.9 Å². The molecule has 0 bridgehead atoms. The van der Waals surface area contributed by atoms with E-state index in [1.54, 1.807) is 31.4 Å². The highest BCUT2D eigenvalue weighted by molar-refractivity contribution is 8.18. The first kappa shape index (κ1) is 18.1. The van der Waals surface area contributed by atoms with Crippen LogP contribution in [0.15, 0.2) is 66.2 Å². The van der Waals surface area contributed by atoms with E-state index in [4.69, 9.17) is 9.47 Å². The van der Waals surface area contributed by atoms with Gasteiger partial charge in [-0.15, -0.1) is 11.8 Å². The van der Waals surface area contributed by atoms with Crippen LogP contribution < -0.4 is 9.47 Å². The van der Waals surface area contributed by atoms with Gasteiger partial charge in [-0.25, -0.2) is 0 Å². The number of ether oxygens (including phenoxy) is 2. The number of allylic oxidation sites excluding steroid dienone is 1. The maximum Gasteiger partial charge on any atom is 0.189 e. The number of benzene rings is 2. The first-order chi connectivity index (χ1) is 13.2. The average Bonchev–Trinajstić information content (AvgIpc) is 3.32. The van der Waals surface area contributed by atoms with Crippen molar-refractivity contribution < 1.29 is 14.3 Å². The van der Waals surface area contributed by atoms with E-state index in [9.17, 15) is 4.79 Å². The van der Waals surface area contributed by atoms with Crippen LogP contribution >= 0.6 is 23.5 Å². The van der Waals surface area contributed by atoms with Crippen LogP contribution in [0.3, 0.4) is 0 Å². The van der Waals surface area contributed by atoms with Crippen LogP contribution in [0, 0.1) is 0 Å². The van der Waals surface area contributed by atoms with Crippen molar-refractivity contribution in [3.63, 3.8) is 0 Å². The fraction of sp³-hybridized carbons (Fsp3) is 0.190. The smallest absolute Gasteiger partial charge is 0.189 e. The zero-order chi connectivity index (χ0) is 18.6. The Morgan fingerprint density at radius 2 is 2.00 bits per heavy atom. The Balaban J connectivity index is 1.39. The molecule has 0 radical (unpaired) electrons. The van der Waals surface area contributed by atoms with Gasteiger partial charge in [0.25, 0.3) is 0 Å². The number of carbonyl (C=O) groups is 1. The average molecular weight is 398 g/mol. The van der Waals surface area contributed by atoms with Crippen LogP contribution in [0.25, 0.3) is 6.08 Å². The molecule has 1 saturated heterocycles. The molecule has 0 aliphatic carbocycles. The number of nitrogens with zero attached hydrogens (tertiary/aromatic N) is 1. The summed E-state index contributed by atoms with van der Waals surface area (Å²) in [5, 5.41) is 2.11. The number of rotatable bonds is 6. The molecule has 4 nitrogen and oxygen atoms in total. The lowest BCUT2D eigenvalue weighted by Crippen LogP contribution is -2.32. The fourth-order valence-electron chi connectivity index (χ4n) is 2.94. The van der Waals surface area contributed by atoms with Crippen LogP contribution in [-0.2, 0) is 0 Å². The van der Waals surface area contributed by atoms with Gasteiger partial charge in [-0.2, -0.15) is 0 Å². The normalized spacial score (nSPS) is 20.9. The zero-order valence-corrected chi connectivity index (χ0v) is 16.4. The third kappa shape index (κ3) is 4.01. The highest BCUT2D eigenvalue weighted by atomic mass is 32.2. The number of thioether (sulfide) groups is 2. The number of methoxy groups -OCH3 is 1. The molecule has 138 valence electrons. The van der Waals surface area contributed by atoms with Gasteiger partial charge in [-0.05, 0) is 41.3 Å². The Hall–Kier alpha value is -2.31. The van der Waals surface area contributed by atoms with Crippen LogP contribution in [0.1, 0.15) is 15.9 Å². The van der Waals surface area contributed by atoms with Crippen molar-refractivity contribution in [2.75, 3.05) is 12.9 Å². The maximum absolute atomic E-state index is 12.4. The molecule has 6 heteroatoms. The summed E-state index contributed by atoms with van der Waals surface area (Å²) in [7, 11) is 1.57. The zero-order valence-electron chi connectivity index (χ0n) is 14.8. The highest BCUT2D eigenvalue weighted by Gasteiger charge is 2.35. The van der Waals surface area contributed by atoms with Crippen molar-refractivity contribution in [2.24, 2.45) is 0 Å². The second kappa shape index (κ2) is 8.15. The van der Waals surface area contributed by atoms with E-state index >= 15 is 0 Å². The van der Waals surface area contributed by atoms with E-state index in [2.05, 4.69) is 16.5 Å². The Morgan fingerprint density at radius 3 is 2.81 bits per heavy atom. The van der Waals surface area contributed by atoms with Gasteiger partial charge in [-0.1, -0.05) is 42.1 Å². The molecule has 27 heavy (non-hydrogen) atoms. The summed E-state index contributed by atoms with van der Waals surface area (Å²) in [6.07, 6.45) is 5.54. The van der Waals surface area contributed by atoms with Crippen molar-refractivity contribution in [3.05, 3.63) is 77.3 Å². The van der Waals surface area contributed by atoms with Gasteiger partial charge in [0, 0.05) is 6.20 Å². The Morgan fingerprint density at radius 1 is 1.19 bits per heavy atom. The number of para-hydroxylation sites is 1. The molecule has 0 amide bonds. The molecule has 4 rings (SSSR count). The number of ketones is 1. The first-order valence-corrected chi connectivity index (χ1v) is 10.6. The van der Waals surface area contributed by atoms with Crippen LogP contribution in [-0.4, -0.2) is 34.5 Å². The Bertz CT molecular complexity index is 879. The van der Waals surface area contributed by atoms with E-state index in [0.29, 0.717) is 16.0 Å². The lowest BCUT2D eigenvalue weighted by atomic mass is 10.1. The minimum Gasteiger partial charge on any atom is -0.496 e. The molecule has 0 spiro atoms. The number of carbonyl (C=O) groups excluding carboxylic acids is 1. The van der Waals surface area contributed by atoms with Gasteiger partial charge < -0.3 is 14.4 Å². The fourth-order valence-corrected chi connectivity index (χ4v) is 5.32. The monoisotopic (exact) mass is 397 g/mol. The number of fused-ring (bicyclic) bond motifs is 1. The second-order valence-corrected chi connectivity index (χ2v) is 8.45. The van der Waals surface area contributed by atoms with Gasteiger partial charge in [0.05, 0.1) is 18.4 Å². The quantitative estimate of drug-likeness (QED) is 0.513. The number of hydrogen-bond donors (Lipinski definition) is 0. The number of hydrogen-bond acceptors (Lipinski definition) is 6. The van der Waals surface area contributed by atoms with E-state index < -0.39 is 0 Å². The van der Waals surface area contributed by atoms with Crippen molar-refractivity contribution in [1.29, 1.82) is 0 Å². The molecule has 0 aromatic heterocycles. The van der Waals surface area contributed by atoms with Crippen LogP contribution in [0.2, 0.25) is 0 Å². The largest absolute Gasteiger partial charge is 0.496 e. The van der Waals surface area contributed by atoms with Crippen molar-refractivity contribution in [3.8, 4) is 11.5 Å². The lowest BCUT2D eigenvalue weighted by molar-refractivity contribution is 0.103. The van der Waals surface area contributed by atoms with E-state index in [1.165, 1.54) is 0 Å². The molecule has 2 atom stereocenters. The first-order valence-electron chi connectivity index (χ1n) is 8.58. The molecular weight excluding hydrogens is 378 g/mol. The van der Waals surface area contributed by atoms with Crippen molar-refractivity contribution >= 4 is 35.4 Å². The van der Waals surface area contributed by atoms with Crippen molar-refractivity contribution in [2.45, 2.75) is 10.9 Å². The van der Waals surface area contributed by atoms with Gasteiger partial charge in [0.1, 0.15) is 16.2 Å². The minimum atomic E-state index is -0.0832. The molecule has 1 fully saturated rings. The summed E-state index contributed by atoms with van der Waals surface area (Å²) < 4.78 is 11.8. The van der Waals surface area contributed by atoms with E-state index in [0.717, 1.165) is 17.1 Å². The topological polar surface area (TPSA) is 38.8 Å². The summed E-state index contributed by atoms with van der Waals surface area (Å²) in [6.45, 7) is 0. The highest BCUT2D eigenvalue weighted by Crippen LogP contribution is 2.42. The van der Waals surface area contributed by atoms with Crippen molar-refractivity contribution in [1.82, 2.24) is 4.90 Å².